The third kappa shape index (κ3) is 4.25. The summed E-state index contributed by atoms with van der Waals surface area (Å²) in [5.41, 5.74) is 0.771. The number of carbonyl (C=O) groups excluding carboxylic acids is 2. The lowest BCUT2D eigenvalue weighted by atomic mass is 10.0. The number of ether oxygens (including phenoxy) is 1. The fourth-order valence-electron chi connectivity index (χ4n) is 4.48. The number of carbonyl (C=O) groups is 2. The Hall–Kier alpha value is -2.70. The van der Waals surface area contributed by atoms with Gasteiger partial charge in [0.15, 0.2) is 6.61 Å². The molecule has 1 fully saturated rings. The maximum Gasteiger partial charge on any atom is 0.338 e. The normalized spacial score (nSPS) is 19.6. The summed E-state index contributed by atoms with van der Waals surface area (Å²) in [6.45, 7) is 3.17. The van der Waals surface area contributed by atoms with Crippen molar-refractivity contribution >= 4 is 22.8 Å². The Morgan fingerprint density at radius 1 is 1.10 bits per heavy atom. The molecule has 0 spiro atoms. The van der Waals surface area contributed by atoms with E-state index < -0.39 is 5.97 Å². The number of fused-ring (bicyclic) bond motifs is 2. The van der Waals surface area contributed by atoms with Gasteiger partial charge in [-0.3, -0.25) is 14.2 Å². The molecule has 2 aliphatic rings. The molecule has 1 saturated heterocycles. The topological polar surface area (TPSA) is 81.5 Å². The Balaban J connectivity index is 1.51. The Morgan fingerprint density at radius 3 is 2.73 bits per heavy atom. The van der Waals surface area contributed by atoms with Gasteiger partial charge in [-0.15, -0.1) is 0 Å². The lowest BCUT2D eigenvalue weighted by molar-refractivity contribution is -0.137. The predicted molar refractivity (Wildman–Crippen MR) is 113 cm³/mol. The summed E-state index contributed by atoms with van der Waals surface area (Å²) in [5, 5.41) is 0.508. The van der Waals surface area contributed by atoms with Crippen LogP contribution in [0.3, 0.4) is 0 Å². The third-order valence-electron chi connectivity index (χ3n) is 6.25. The van der Waals surface area contributed by atoms with E-state index in [9.17, 15) is 14.4 Å². The van der Waals surface area contributed by atoms with Crippen molar-refractivity contribution < 1.29 is 14.3 Å². The maximum atomic E-state index is 12.9. The number of hydrogen-bond donors (Lipinski definition) is 0. The zero-order valence-corrected chi connectivity index (χ0v) is 17.6. The average molecular weight is 412 g/mol. The molecular formula is C23H29N3O4. The van der Waals surface area contributed by atoms with E-state index in [4.69, 9.17) is 4.74 Å². The van der Waals surface area contributed by atoms with Crippen molar-refractivity contribution in [3.63, 3.8) is 0 Å². The molecule has 0 aliphatic carbocycles. The molecule has 30 heavy (non-hydrogen) atoms. The lowest BCUT2D eigenvalue weighted by Gasteiger charge is -2.33. The number of piperidine rings is 1. The molecule has 1 amide bonds. The van der Waals surface area contributed by atoms with E-state index in [-0.39, 0.29) is 24.1 Å². The van der Waals surface area contributed by atoms with Gasteiger partial charge in [0.05, 0.1) is 16.5 Å². The summed E-state index contributed by atoms with van der Waals surface area (Å²) in [6.07, 6.45) is 8.12. The molecule has 2 aromatic rings. The number of aryl methyl sites for hydroxylation is 1. The summed E-state index contributed by atoms with van der Waals surface area (Å²) in [5.74, 6) is 0.0598. The van der Waals surface area contributed by atoms with Gasteiger partial charge < -0.3 is 9.64 Å². The van der Waals surface area contributed by atoms with Crippen LogP contribution in [0.15, 0.2) is 23.0 Å². The first-order chi connectivity index (χ1) is 14.5. The van der Waals surface area contributed by atoms with E-state index >= 15 is 0 Å². The Labute approximate surface area is 176 Å². The molecule has 1 aromatic carbocycles. The van der Waals surface area contributed by atoms with Crippen LogP contribution in [0, 0.1) is 0 Å². The van der Waals surface area contributed by atoms with E-state index in [0.29, 0.717) is 29.6 Å². The zero-order chi connectivity index (χ0) is 21.1. The van der Waals surface area contributed by atoms with E-state index in [2.05, 4.69) is 4.98 Å². The van der Waals surface area contributed by atoms with Crippen molar-refractivity contribution in [1.82, 2.24) is 14.5 Å². The van der Waals surface area contributed by atoms with E-state index in [1.807, 2.05) is 6.92 Å². The first-order valence-electron chi connectivity index (χ1n) is 11.0. The molecule has 0 N–H and O–H groups in total. The summed E-state index contributed by atoms with van der Waals surface area (Å²) in [7, 11) is 0. The van der Waals surface area contributed by atoms with Crippen LogP contribution in [-0.2, 0) is 22.5 Å². The maximum absolute atomic E-state index is 12.9. The minimum atomic E-state index is -0.566. The van der Waals surface area contributed by atoms with Gasteiger partial charge in [0.1, 0.15) is 5.82 Å². The minimum absolute atomic E-state index is 0.0499. The van der Waals surface area contributed by atoms with Crippen LogP contribution >= 0.6 is 0 Å². The van der Waals surface area contributed by atoms with Crippen LogP contribution in [0.1, 0.15) is 68.1 Å². The number of hydrogen-bond acceptors (Lipinski definition) is 5. The van der Waals surface area contributed by atoms with Gasteiger partial charge in [-0.1, -0.05) is 12.8 Å². The number of esters is 1. The minimum Gasteiger partial charge on any atom is -0.452 e. The van der Waals surface area contributed by atoms with Gasteiger partial charge in [-0.25, -0.2) is 9.78 Å². The van der Waals surface area contributed by atoms with E-state index in [1.165, 1.54) is 0 Å². The second-order valence-corrected chi connectivity index (χ2v) is 8.39. The SMILES string of the molecule is C[C@H]1CCCCN1C(=O)COC(=O)c1ccc2c(=O)n3c(nc2c1)CCCCCC3. The van der Waals surface area contributed by atoms with Crippen molar-refractivity contribution in [3.8, 4) is 0 Å². The molecule has 1 atom stereocenters. The lowest BCUT2D eigenvalue weighted by Crippen LogP contribution is -2.44. The monoisotopic (exact) mass is 411 g/mol. The van der Waals surface area contributed by atoms with Crippen molar-refractivity contribution in [2.45, 2.75) is 70.9 Å². The van der Waals surface area contributed by atoms with Crippen LogP contribution in [0.4, 0.5) is 0 Å². The van der Waals surface area contributed by atoms with Gasteiger partial charge in [-0.2, -0.15) is 0 Å². The first kappa shape index (κ1) is 20.6. The first-order valence-corrected chi connectivity index (χ1v) is 11.0. The molecule has 3 heterocycles. The zero-order valence-electron chi connectivity index (χ0n) is 17.6. The summed E-state index contributed by atoms with van der Waals surface area (Å²) < 4.78 is 7.05. The third-order valence-corrected chi connectivity index (χ3v) is 6.25. The number of rotatable bonds is 3. The number of aromatic nitrogens is 2. The molecule has 7 nitrogen and oxygen atoms in total. The van der Waals surface area contributed by atoms with Crippen molar-refractivity contribution in [3.05, 3.63) is 39.9 Å². The average Bonchev–Trinajstić information content (AvgIpc) is 2.73. The Bertz CT molecular complexity index is 1010. The van der Waals surface area contributed by atoms with Crippen molar-refractivity contribution in [2.24, 2.45) is 0 Å². The molecule has 1 aromatic heterocycles. The Kier molecular flexibility index (Phi) is 6.16. The largest absolute Gasteiger partial charge is 0.452 e. The smallest absolute Gasteiger partial charge is 0.338 e. The van der Waals surface area contributed by atoms with E-state index in [0.717, 1.165) is 57.2 Å². The van der Waals surface area contributed by atoms with Crippen LogP contribution < -0.4 is 5.56 Å². The van der Waals surface area contributed by atoms with Crippen LogP contribution in [0.25, 0.3) is 10.9 Å². The molecule has 2 aliphatic heterocycles. The number of amides is 1. The number of nitrogens with zero attached hydrogens (tertiary/aromatic N) is 3. The van der Waals surface area contributed by atoms with Gasteiger partial charge in [0, 0.05) is 25.6 Å². The highest BCUT2D eigenvalue weighted by Crippen LogP contribution is 2.18. The van der Waals surface area contributed by atoms with Gasteiger partial charge in [0.25, 0.3) is 11.5 Å². The number of likely N-dealkylation sites (tertiary alicyclic amines) is 1. The number of benzene rings is 1. The molecule has 0 saturated carbocycles. The quantitative estimate of drug-likeness (QED) is 0.725. The predicted octanol–water partition coefficient (Wildman–Crippen LogP) is 3.07. The second-order valence-electron chi connectivity index (χ2n) is 8.39. The summed E-state index contributed by atoms with van der Waals surface area (Å²) in [6, 6.07) is 5.01. The molecule has 0 unspecified atom stereocenters. The second kappa shape index (κ2) is 8.98. The summed E-state index contributed by atoms with van der Waals surface area (Å²) in [4.78, 5) is 44.3. The molecular weight excluding hydrogens is 382 g/mol. The highest BCUT2D eigenvalue weighted by molar-refractivity contribution is 5.95. The van der Waals surface area contributed by atoms with Gasteiger partial charge in [-0.05, 0) is 57.2 Å². The van der Waals surface area contributed by atoms with Crippen LogP contribution in [0.5, 0.6) is 0 Å². The van der Waals surface area contributed by atoms with Crippen LogP contribution in [0.2, 0.25) is 0 Å². The fourth-order valence-corrected chi connectivity index (χ4v) is 4.48. The van der Waals surface area contributed by atoms with Crippen molar-refractivity contribution in [1.29, 1.82) is 0 Å². The fraction of sp³-hybridized carbons (Fsp3) is 0.565. The highest BCUT2D eigenvalue weighted by Gasteiger charge is 2.24. The standard InChI is InChI=1S/C23H29N3O4/c1-16-8-5-7-12-25(16)21(27)15-30-23(29)17-10-11-18-19(14-17)24-20-9-4-2-3-6-13-26(20)22(18)28/h10-11,14,16H,2-9,12-13,15H2,1H3/t16-/m0/s1. The molecule has 4 rings (SSSR count). The molecule has 0 radical (unpaired) electrons. The molecule has 7 heteroatoms. The van der Waals surface area contributed by atoms with E-state index in [1.54, 1.807) is 27.7 Å². The van der Waals surface area contributed by atoms with Gasteiger partial charge >= 0.3 is 5.97 Å². The van der Waals surface area contributed by atoms with Gasteiger partial charge in [0.2, 0.25) is 0 Å². The van der Waals surface area contributed by atoms with Crippen LogP contribution in [-0.4, -0.2) is 45.5 Å². The Morgan fingerprint density at radius 2 is 1.90 bits per heavy atom. The summed E-state index contributed by atoms with van der Waals surface area (Å²) >= 11 is 0. The molecule has 160 valence electrons. The molecule has 0 bridgehead atoms. The highest BCUT2D eigenvalue weighted by atomic mass is 16.5. The van der Waals surface area contributed by atoms with Crippen molar-refractivity contribution in [2.75, 3.05) is 13.2 Å².